The van der Waals surface area contributed by atoms with E-state index >= 15 is 0 Å². The van der Waals surface area contributed by atoms with Crippen molar-refractivity contribution in [2.75, 3.05) is 5.75 Å². The predicted molar refractivity (Wildman–Crippen MR) is 86.6 cm³/mol. The van der Waals surface area contributed by atoms with Crippen molar-refractivity contribution >= 4 is 23.6 Å². The van der Waals surface area contributed by atoms with Gasteiger partial charge in [0.1, 0.15) is 6.04 Å². The zero-order chi connectivity index (χ0) is 15.8. The van der Waals surface area contributed by atoms with Gasteiger partial charge in [-0.25, -0.2) is 4.79 Å². The van der Waals surface area contributed by atoms with Crippen LogP contribution in [0.2, 0.25) is 0 Å². The number of rotatable bonds is 8. The molecule has 21 heavy (non-hydrogen) atoms. The number of nitrogens with one attached hydrogen (secondary N) is 1. The first kappa shape index (κ1) is 17.6. The van der Waals surface area contributed by atoms with Crippen LogP contribution in [0.1, 0.15) is 43.1 Å². The second-order valence-corrected chi connectivity index (χ2v) is 6.28. The summed E-state index contributed by atoms with van der Waals surface area (Å²) in [6, 6.07) is 6.47. The van der Waals surface area contributed by atoms with Crippen LogP contribution in [0.3, 0.4) is 0 Å². The molecule has 1 aromatic carbocycles. The first-order chi connectivity index (χ1) is 9.99. The van der Waals surface area contributed by atoms with Crippen LogP contribution in [0.5, 0.6) is 0 Å². The Labute approximate surface area is 130 Å². The number of carbonyl (C=O) groups is 2. The van der Waals surface area contributed by atoms with Crippen LogP contribution >= 0.6 is 11.8 Å². The van der Waals surface area contributed by atoms with Crippen LogP contribution in [0.25, 0.3) is 0 Å². The molecule has 0 spiro atoms. The Bertz CT molecular complexity index is 473. The van der Waals surface area contributed by atoms with Gasteiger partial charge in [-0.1, -0.05) is 39.3 Å². The standard InChI is InChI=1S/C16H23NO3S/c1-4-11(3)14(16(19)20)17-15(18)13-8-6-12(7-9-13)10-21-5-2/h6-9,11,14H,4-5,10H2,1-3H3,(H,17,18)(H,19,20)/t11-,14-/m0/s1. The fourth-order valence-corrected chi connectivity index (χ4v) is 2.51. The van der Waals surface area contributed by atoms with E-state index in [9.17, 15) is 14.7 Å². The number of carboxylic acids is 1. The molecule has 0 saturated heterocycles. The normalized spacial score (nSPS) is 13.5. The van der Waals surface area contributed by atoms with E-state index < -0.39 is 12.0 Å². The van der Waals surface area contributed by atoms with E-state index in [2.05, 4.69) is 12.2 Å². The molecule has 0 aliphatic carbocycles. The molecule has 1 aromatic rings. The Morgan fingerprint density at radius 1 is 1.24 bits per heavy atom. The summed E-state index contributed by atoms with van der Waals surface area (Å²) < 4.78 is 0. The van der Waals surface area contributed by atoms with Gasteiger partial charge < -0.3 is 10.4 Å². The molecule has 5 heteroatoms. The number of carboxylic acid groups (broad SMARTS) is 1. The van der Waals surface area contributed by atoms with Crippen molar-refractivity contribution in [1.29, 1.82) is 0 Å². The van der Waals surface area contributed by atoms with Gasteiger partial charge in [-0.3, -0.25) is 4.79 Å². The van der Waals surface area contributed by atoms with Crippen molar-refractivity contribution in [2.45, 2.75) is 39.0 Å². The SMILES string of the molecule is CCSCc1ccc(C(=O)N[C@H](C(=O)O)[C@@H](C)CC)cc1. The Balaban J connectivity index is 2.71. The van der Waals surface area contributed by atoms with Crippen molar-refractivity contribution in [2.24, 2.45) is 5.92 Å². The lowest BCUT2D eigenvalue weighted by molar-refractivity contribution is -0.140. The largest absolute Gasteiger partial charge is 0.480 e. The summed E-state index contributed by atoms with van der Waals surface area (Å²) in [4.78, 5) is 23.3. The topological polar surface area (TPSA) is 66.4 Å². The minimum absolute atomic E-state index is 0.105. The molecule has 0 fully saturated rings. The molecule has 0 aromatic heterocycles. The highest BCUT2D eigenvalue weighted by atomic mass is 32.2. The number of aliphatic carboxylic acids is 1. The minimum Gasteiger partial charge on any atom is -0.480 e. The molecule has 116 valence electrons. The summed E-state index contributed by atoms with van der Waals surface area (Å²) in [5.74, 6) is 0.540. The van der Waals surface area contributed by atoms with E-state index in [0.29, 0.717) is 12.0 Å². The summed E-state index contributed by atoms with van der Waals surface area (Å²) in [5, 5.41) is 11.8. The summed E-state index contributed by atoms with van der Waals surface area (Å²) in [7, 11) is 0. The molecule has 2 N–H and O–H groups in total. The van der Waals surface area contributed by atoms with E-state index in [1.165, 1.54) is 0 Å². The van der Waals surface area contributed by atoms with E-state index in [-0.39, 0.29) is 11.8 Å². The van der Waals surface area contributed by atoms with Crippen LogP contribution in [-0.2, 0) is 10.5 Å². The van der Waals surface area contributed by atoms with Crippen molar-refractivity contribution in [3.8, 4) is 0 Å². The molecule has 0 aliphatic heterocycles. The van der Waals surface area contributed by atoms with Gasteiger partial charge in [-0.2, -0.15) is 11.8 Å². The van der Waals surface area contributed by atoms with E-state index in [4.69, 9.17) is 0 Å². The molecule has 0 unspecified atom stereocenters. The third-order valence-corrected chi connectivity index (χ3v) is 4.40. The number of hydrogen-bond acceptors (Lipinski definition) is 3. The van der Waals surface area contributed by atoms with Crippen LogP contribution < -0.4 is 5.32 Å². The maximum absolute atomic E-state index is 12.1. The first-order valence-electron chi connectivity index (χ1n) is 7.19. The molecule has 0 saturated carbocycles. The van der Waals surface area contributed by atoms with Crippen molar-refractivity contribution in [3.05, 3.63) is 35.4 Å². The maximum atomic E-state index is 12.1. The summed E-state index contributed by atoms with van der Waals surface area (Å²) in [6.07, 6.45) is 0.699. The second-order valence-electron chi connectivity index (χ2n) is 5.01. The van der Waals surface area contributed by atoms with E-state index in [1.54, 1.807) is 12.1 Å². The molecule has 1 amide bonds. The fourth-order valence-electron chi connectivity index (χ4n) is 1.88. The number of benzene rings is 1. The Morgan fingerprint density at radius 3 is 2.33 bits per heavy atom. The second kappa shape index (κ2) is 8.72. The lowest BCUT2D eigenvalue weighted by Gasteiger charge is -2.20. The van der Waals surface area contributed by atoms with Gasteiger partial charge in [0, 0.05) is 11.3 Å². The molecule has 2 atom stereocenters. The molecule has 0 aliphatic rings. The molecule has 1 rings (SSSR count). The molecular weight excluding hydrogens is 286 g/mol. The van der Waals surface area contributed by atoms with E-state index in [1.807, 2.05) is 37.7 Å². The predicted octanol–water partition coefficient (Wildman–Crippen LogP) is 3.17. The Morgan fingerprint density at radius 2 is 1.86 bits per heavy atom. The highest BCUT2D eigenvalue weighted by Crippen LogP contribution is 2.14. The number of carbonyl (C=O) groups excluding carboxylic acids is 1. The van der Waals surface area contributed by atoms with Crippen LogP contribution in [0.4, 0.5) is 0 Å². The lowest BCUT2D eigenvalue weighted by atomic mass is 9.99. The zero-order valence-electron chi connectivity index (χ0n) is 12.8. The number of thioether (sulfide) groups is 1. The van der Waals surface area contributed by atoms with Crippen molar-refractivity contribution in [1.82, 2.24) is 5.32 Å². The quantitative estimate of drug-likeness (QED) is 0.774. The Kier molecular flexibility index (Phi) is 7.29. The Hall–Kier alpha value is -1.49. The van der Waals surface area contributed by atoms with Gasteiger partial charge in [0.2, 0.25) is 0 Å². The average Bonchev–Trinajstić information content (AvgIpc) is 2.49. The highest BCUT2D eigenvalue weighted by molar-refractivity contribution is 7.98. The summed E-state index contributed by atoms with van der Waals surface area (Å²) in [5.41, 5.74) is 1.66. The lowest BCUT2D eigenvalue weighted by Crippen LogP contribution is -2.45. The zero-order valence-corrected chi connectivity index (χ0v) is 13.6. The molecule has 0 bridgehead atoms. The highest BCUT2D eigenvalue weighted by Gasteiger charge is 2.25. The molecule has 0 heterocycles. The van der Waals surface area contributed by atoms with Crippen LogP contribution in [0.15, 0.2) is 24.3 Å². The third kappa shape index (κ3) is 5.42. The van der Waals surface area contributed by atoms with Gasteiger partial charge in [-0.05, 0) is 29.4 Å². The molecular formula is C16H23NO3S. The third-order valence-electron chi connectivity index (χ3n) is 3.45. The maximum Gasteiger partial charge on any atom is 0.326 e. The smallest absolute Gasteiger partial charge is 0.326 e. The van der Waals surface area contributed by atoms with Crippen LogP contribution in [-0.4, -0.2) is 28.8 Å². The fraction of sp³-hybridized carbons (Fsp3) is 0.500. The van der Waals surface area contributed by atoms with Gasteiger partial charge in [0.25, 0.3) is 5.91 Å². The number of amides is 1. The summed E-state index contributed by atoms with van der Waals surface area (Å²) >= 11 is 1.82. The monoisotopic (exact) mass is 309 g/mol. The van der Waals surface area contributed by atoms with Gasteiger partial charge in [-0.15, -0.1) is 0 Å². The number of hydrogen-bond donors (Lipinski definition) is 2. The van der Waals surface area contributed by atoms with Crippen molar-refractivity contribution < 1.29 is 14.7 Å². The minimum atomic E-state index is -0.992. The van der Waals surface area contributed by atoms with Crippen LogP contribution in [0, 0.1) is 5.92 Å². The first-order valence-corrected chi connectivity index (χ1v) is 8.35. The van der Waals surface area contributed by atoms with Gasteiger partial charge in [0.05, 0.1) is 0 Å². The van der Waals surface area contributed by atoms with Crippen molar-refractivity contribution in [3.63, 3.8) is 0 Å². The molecule has 4 nitrogen and oxygen atoms in total. The summed E-state index contributed by atoms with van der Waals surface area (Å²) in [6.45, 7) is 5.84. The van der Waals surface area contributed by atoms with E-state index in [0.717, 1.165) is 17.1 Å². The average molecular weight is 309 g/mol. The van der Waals surface area contributed by atoms with Gasteiger partial charge >= 0.3 is 5.97 Å². The van der Waals surface area contributed by atoms with Gasteiger partial charge in [0.15, 0.2) is 0 Å². The molecule has 0 radical (unpaired) electrons.